The molecule has 0 aliphatic carbocycles. The van der Waals surface area contributed by atoms with Gasteiger partial charge in [-0.15, -0.1) is 0 Å². The Bertz CT molecular complexity index is 547. The molecule has 19 heavy (non-hydrogen) atoms. The van der Waals surface area contributed by atoms with Crippen molar-refractivity contribution in [3.63, 3.8) is 0 Å². The molecule has 0 aromatic heterocycles. The van der Waals surface area contributed by atoms with E-state index < -0.39 is 0 Å². The molecular weight excluding hydrogens is 228 g/mol. The summed E-state index contributed by atoms with van der Waals surface area (Å²) in [6.07, 6.45) is 4.06. The lowest BCUT2D eigenvalue weighted by molar-refractivity contribution is 1.07. The first-order valence-corrected chi connectivity index (χ1v) is 6.71. The van der Waals surface area contributed by atoms with Crippen LogP contribution in [0.2, 0.25) is 0 Å². The molecule has 0 aliphatic rings. The maximum atomic E-state index is 4.25. The molecule has 0 saturated carbocycles. The normalized spacial score (nSPS) is 11.3. The molecular formula is C19H20. The molecule has 0 amide bonds. The smallest absolute Gasteiger partial charge is 0.00264 e. The summed E-state index contributed by atoms with van der Waals surface area (Å²) in [5.74, 6) is 0. The van der Waals surface area contributed by atoms with E-state index in [4.69, 9.17) is 0 Å². The van der Waals surface area contributed by atoms with Crippen LogP contribution in [-0.4, -0.2) is 0 Å². The molecule has 0 aliphatic heterocycles. The van der Waals surface area contributed by atoms with Gasteiger partial charge in [0.15, 0.2) is 0 Å². The maximum absolute atomic E-state index is 4.25. The fourth-order valence-corrected chi connectivity index (χ4v) is 2.20. The third kappa shape index (κ3) is 3.96. The van der Waals surface area contributed by atoms with Crippen LogP contribution in [0.4, 0.5) is 0 Å². The number of rotatable bonds is 5. The minimum Gasteiger partial charge on any atom is -0.0952 e. The molecule has 96 valence electrons. The summed E-state index contributed by atoms with van der Waals surface area (Å²) in [6.45, 7) is 6.34. The second-order valence-corrected chi connectivity index (χ2v) is 4.74. The number of hydrogen-bond acceptors (Lipinski definition) is 0. The zero-order valence-corrected chi connectivity index (χ0v) is 11.5. The first-order chi connectivity index (χ1) is 9.29. The average molecular weight is 248 g/mol. The molecule has 2 aromatic rings. The Morgan fingerprint density at radius 1 is 0.842 bits per heavy atom. The summed E-state index contributed by atoms with van der Waals surface area (Å²) < 4.78 is 0. The van der Waals surface area contributed by atoms with Crippen LogP contribution in [-0.2, 0) is 12.8 Å². The van der Waals surface area contributed by atoms with Crippen LogP contribution in [0.25, 0.3) is 0 Å². The molecule has 2 rings (SSSR count). The molecule has 0 fully saturated rings. The summed E-state index contributed by atoms with van der Waals surface area (Å²) in [5.41, 5.74) is 5.19. The molecule has 0 spiro atoms. The summed E-state index contributed by atoms with van der Waals surface area (Å²) >= 11 is 0. The monoisotopic (exact) mass is 248 g/mol. The third-order valence-electron chi connectivity index (χ3n) is 3.30. The summed E-state index contributed by atoms with van der Waals surface area (Å²) in [6, 6.07) is 21.1. The zero-order valence-electron chi connectivity index (χ0n) is 11.5. The molecule has 0 N–H and O–H groups in total. The van der Waals surface area contributed by atoms with Crippen molar-refractivity contribution in [2.24, 2.45) is 0 Å². The highest BCUT2D eigenvalue weighted by Gasteiger charge is 2.04. The van der Waals surface area contributed by atoms with Crippen molar-refractivity contribution >= 4 is 0 Å². The van der Waals surface area contributed by atoms with Crippen molar-refractivity contribution in [3.05, 3.63) is 95.6 Å². The lowest BCUT2D eigenvalue weighted by Gasteiger charge is -2.11. The molecule has 0 heterocycles. The van der Waals surface area contributed by atoms with Gasteiger partial charge in [-0.05, 0) is 42.0 Å². The maximum Gasteiger partial charge on any atom is -0.00264 e. The van der Waals surface area contributed by atoms with Crippen molar-refractivity contribution < 1.29 is 0 Å². The zero-order chi connectivity index (χ0) is 13.5. The second kappa shape index (κ2) is 6.75. The highest BCUT2D eigenvalue weighted by molar-refractivity contribution is 5.37. The second-order valence-electron chi connectivity index (χ2n) is 4.74. The number of benzene rings is 2. The predicted octanol–water partition coefficient (Wildman–Crippen LogP) is 4.97. The Balaban J connectivity index is 2.04. The minimum atomic E-state index is 0.924. The summed E-state index contributed by atoms with van der Waals surface area (Å²) in [7, 11) is 0. The molecule has 0 nitrogen and oxygen atoms in total. The fourth-order valence-electron chi connectivity index (χ4n) is 2.20. The van der Waals surface area contributed by atoms with Gasteiger partial charge in [0.05, 0.1) is 0 Å². The topological polar surface area (TPSA) is 0 Å². The van der Waals surface area contributed by atoms with E-state index in [0.717, 1.165) is 12.8 Å². The van der Waals surface area contributed by atoms with Gasteiger partial charge in [0.2, 0.25) is 0 Å². The lowest BCUT2D eigenvalue weighted by Crippen LogP contribution is -1.97. The lowest BCUT2D eigenvalue weighted by atomic mass is 9.94. The Kier molecular flexibility index (Phi) is 4.74. The van der Waals surface area contributed by atoms with Crippen molar-refractivity contribution in [2.45, 2.75) is 19.8 Å². The van der Waals surface area contributed by atoms with Gasteiger partial charge >= 0.3 is 0 Å². The van der Waals surface area contributed by atoms with E-state index in [9.17, 15) is 0 Å². The molecule has 0 heteroatoms. The standard InChI is InChI=1S/C19H20/c1-3-19(15-18-12-8-5-9-13-18)16(2)14-17-10-6-4-7-11-17/h3-13H,2,14-15H2,1H3. The largest absolute Gasteiger partial charge is 0.0952 e. The van der Waals surface area contributed by atoms with E-state index in [0.29, 0.717) is 0 Å². The molecule has 0 unspecified atom stereocenters. The van der Waals surface area contributed by atoms with E-state index in [1.54, 1.807) is 0 Å². The molecule has 2 aromatic carbocycles. The van der Waals surface area contributed by atoms with Crippen LogP contribution in [0.15, 0.2) is 84.5 Å². The first-order valence-electron chi connectivity index (χ1n) is 6.71. The van der Waals surface area contributed by atoms with Crippen LogP contribution in [0, 0.1) is 0 Å². The van der Waals surface area contributed by atoms with Crippen LogP contribution in [0.5, 0.6) is 0 Å². The summed E-state index contributed by atoms with van der Waals surface area (Å²) in [5, 5.41) is 0. The van der Waals surface area contributed by atoms with E-state index in [2.05, 4.69) is 74.2 Å². The van der Waals surface area contributed by atoms with Gasteiger partial charge in [0, 0.05) is 0 Å². The van der Waals surface area contributed by atoms with E-state index in [-0.39, 0.29) is 0 Å². The van der Waals surface area contributed by atoms with Crippen molar-refractivity contribution in [2.75, 3.05) is 0 Å². The highest BCUT2D eigenvalue weighted by Crippen LogP contribution is 2.19. The van der Waals surface area contributed by atoms with E-state index in [1.807, 2.05) is 6.07 Å². The van der Waals surface area contributed by atoms with Gasteiger partial charge in [-0.2, -0.15) is 0 Å². The predicted molar refractivity (Wildman–Crippen MR) is 83.2 cm³/mol. The van der Waals surface area contributed by atoms with Gasteiger partial charge in [-0.3, -0.25) is 0 Å². The van der Waals surface area contributed by atoms with Crippen molar-refractivity contribution in [3.8, 4) is 0 Å². The van der Waals surface area contributed by atoms with Gasteiger partial charge < -0.3 is 0 Å². The molecule has 0 radical (unpaired) electrons. The van der Waals surface area contributed by atoms with Crippen LogP contribution < -0.4 is 0 Å². The van der Waals surface area contributed by atoms with Crippen LogP contribution >= 0.6 is 0 Å². The van der Waals surface area contributed by atoms with Gasteiger partial charge in [-0.25, -0.2) is 0 Å². The highest BCUT2D eigenvalue weighted by atomic mass is 14.1. The Morgan fingerprint density at radius 2 is 1.32 bits per heavy atom. The van der Waals surface area contributed by atoms with Crippen molar-refractivity contribution in [1.82, 2.24) is 0 Å². The van der Waals surface area contributed by atoms with E-state index >= 15 is 0 Å². The average Bonchev–Trinajstić information content (AvgIpc) is 2.47. The third-order valence-corrected chi connectivity index (χ3v) is 3.30. The molecule has 0 bridgehead atoms. The number of allylic oxidation sites excluding steroid dienone is 3. The van der Waals surface area contributed by atoms with Crippen LogP contribution in [0.3, 0.4) is 0 Å². The molecule has 0 atom stereocenters. The fraction of sp³-hybridized carbons (Fsp3) is 0.158. The van der Waals surface area contributed by atoms with Gasteiger partial charge in [-0.1, -0.05) is 73.3 Å². The molecule has 0 saturated heterocycles. The van der Waals surface area contributed by atoms with Crippen LogP contribution in [0.1, 0.15) is 18.1 Å². The SMILES string of the molecule is C=C(Cc1ccccc1)C(=CC)Cc1ccccc1. The Hall–Kier alpha value is -2.08. The minimum absolute atomic E-state index is 0.924. The van der Waals surface area contributed by atoms with Gasteiger partial charge in [0.1, 0.15) is 0 Å². The number of hydrogen-bond donors (Lipinski definition) is 0. The van der Waals surface area contributed by atoms with Crippen molar-refractivity contribution in [1.29, 1.82) is 0 Å². The van der Waals surface area contributed by atoms with E-state index in [1.165, 1.54) is 22.3 Å². The quantitative estimate of drug-likeness (QED) is 0.655. The Morgan fingerprint density at radius 3 is 1.79 bits per heavy atom. The van der Waals surface area contributed by atoms with Gasteiger partial charge in [0.25, 0.3) is 0 Å². The Labute approximate surface area is 116 Å². The first kappa shape index (κ1) is 13.4. The summed E-state index contributed by atoms with van der Waals surface area (Å²) in [4.78, 5) is 0.